The van der Waals surface area contributed by atoms with E-state index in [4.69, 9.17) is 16.3 Å². The molecular formula is C13H14BrClINO2. The lowest BCUT2D eigenvalue weighted by atomic mass is 10.1. The van der Waals surface area contributed by atoms with Crippen molar-refractivity contribution >= 4 is 56.0 Å². The molecule has 0 aliphatic carbocycles. The van der Waals surface area contributed by atoms with E-state index in [2.05, 4.69) is 38.5 Å². The summed E-state index contributed by atoms with van der Waals surface area (Å²) in [6.07, 6.45) is -0.0644. The third kappa shape index (κ3) is 3.83. The van der Waals surface area contributed by atoms with Crippen molar-refractivity contribution in [2.45, 2.75) is 19.1 Å². The second kappa shape index (κ2) is 6.74. The van der Waals surface area contributed by atoms with E-state index in [0.717, 1.165) is 13.6 Å². The molecular weight excluding hydrogens is 444 g/mol. The molecule has 2 unspecified atom stereocenters. The van der Waals surface area contributed by atoms with Gasteiger partial charge in [-0.1, -0.05) is 15.9 Å². The van der Waals surface area contributed by atoms with E-state index in [-0.39, 0.29) is 18.1 Å². The molecule has 3 nitrogen and oxygen atoms in total. The lowest BCUT2D eigenvalue weighted by Crippen LogP contribution is -2.49. The van der Waals surface area contributed by atoms with Gasteiger partial charge in [-0.2, -0.15) is 0 Å². The van der Waals surface area contributed by atoms with Crippen molar-refractivity contribution in [3.05, 3.63) is 31.8 Å². The number of alkyl halides is 1. The van der Waals surface area contributed by atoms with Crippen LogP contribution in [0.2, 0.25) is 0 Å². The number of hydrogen-bond donors (Lipinski definition) is 0. The molecule has 0 spiro atoms. The van der Waals surface area contributed by atoms with E-state index in [1.165, 1.54) is 0 Å². The summed E-state index contributed by atoms with van der Waals surface area (Å²) in [6, 6.07) is 5.72. The summed E-state index contributed by atoms with van der Waals surface area (Å²) >= 11 is 11.4. The Balaban J connectivity index is 2.21. The SMILES string of the molecule is CC1CN(C(=O)c2cc(Br)ccc2I)CC(CCl)O1. The van der Waals surface area contributed by atoms with Gasteiger partial charge in [0.25, 0.3) is 5.91 Å². The highest BCUT2D eigenvalue weighted by molar-refractivity contribution is 14.1. The van der Waals surface area contributed by atoms with Crippen LogP contribution in [0.3, 0.4) is 0 Å². The van der Waals surface area contributed by atoms with E-state index in [1.54, 1.807) is 0 Å². The highest BCUT2D eigenvalue weighted by Gasteiger charge is 2.29. The summed E-state index contributed by atoms with van der Waals surface area (Å²) in [5.41, 5.74) is 0.720. The maximum Gasteiger partial charge on any atom is 0.255 e. The van der Waals surface area contributed by atoms with Crippen LogP contribution in [0, 0.1) is 3.57 Å². The van der Waals surface area contributed by atoms with Gasteiger partial charge in [-0.15, -0.1) is 11.6 Å². The minimum absolute atomic E-state index is 0.0197. The zero-order valence-electron chi connectivity index (χ0n) is 10.4. The van der Waals surface area contributed by atoms with Crippen LogP contribution in [0.4, 0.5) is 0 Å². The third-order valence-corrected chi connectivity index (χ3v) is 4.72. The topological polar surface area (TPSA) is 29.5 Å². The Kier molecular flexibility index (Phi) is 5.51. The standard InChI is InChI=1S/C13H14BrClINO2/c1-8-6-17(7-10(5-15)19-8)13(18)11-4-9(14)2-3-12(11)16/h2-4,8,10H,5-7H2,1H3. The predicted molar refractivity (Wildman–Crippen MR) is 87.8 cm³/mol. The molecule has 0 N–H and O–H groups in total. The van der Waals surface area contributed by atoms with Gasteiger partial charge in [0.2, 0.25) is 0 Å². The summed E-state index contributed by atoms with van der Waals surface area (Å²) in [6.45, 7) is 3.12. The van der Waals surface area contributed by atoms with E-state index in [0.29, 0.717) is 19.0 Å². The highest BCUT2D eigenvalue weighted by atomic mass is 127. The Morgan fingerprint density at radius 1 is 1.58 bits per heavy atom. The van der Waals surface area contributed by atoms with Crippen molar-refractivity contribution in [1.29, 1.82) is 0 Å². The normalized spacial score (nSPS) is 23.5. The van der Waals surface area contributed by atoms with Crippen molar-refractivity contribution in [2.75, 3.05) is 19.0 Å². The number of rotatable bonds is 2. The Morgan fingerprint density at radius 2 is 2.32 bits per heavy atom. The molecule has 2 atom stereocenters. The van der Waals surface area contributed by atoms with Crippen LogP contribution < -0.4 is 0 Å². The average molecular weight is 459 g/mol. The monoisotopic (exact) mass is 457 g/mol. The fourth-order valence-electron chi connectivity index (χ4n) is 2.13. The first-order valence-corrected chi connectivity index (χ1v) is 8.37. The first-order chi connectivity index (χ1) is 9.01. The number of hydrogen-bond acceptors (Lipinski definition) is 2. The van der Waals surface area contributed by atoms with E-state index in [9.17, 15) is 4.79 Å². The summed E-state index contributed by atoms with van der Waals surface area (Å²) in [5.74, 6) is 0.444. The van der Waals surface area contributed by atoms with Crippen LogP contribution in [0.5, 0.6) is 0 Å². The first-order valence-electron chi connectivity index (χ1n) is 5.97. The van der Waals surface area contributed by atoms with E-state index >= 15 is 0 Å². The lowest BCUT2D eigenvalue weighted by molar-refractivity contribution is -0.0570. The van der Waals surface area contributed by atoms with Crippen LogP contribution in [-0.2, 0) is 4.74 Å². The van der Waals surface area contributed by atoms with Crippen molar-refractivity contribution in [2.24, 2.45) is 0 Å². The number of carbonyl (C=O) groups is 1. The molecule has 19 heavy (non-hydrogen) atoms. The molecule has 0 radical (unpaired) electrons. The number of amides is 1. The summed E-state index contributed by atoms with van der Waals surface area (Å²) in [7, 11) is 0. The number of morpholine rings is 1. The number of nitrogens with zero attached hydrogens (tertiary/aromatic N) is 1. The first kappa shape index (κ1) is 15.5. The predicted octanol–water partition coefficient (Wildman–Crippen LogP) is 3.52. The number of benzene rings is 1. The Labute approximate surface area is 139 Å². The van der Waals surface area contributed by atoms with Gasteiger partial charge in [-0.25, -0.2) is 0 Å². The molecule has 0 bridgehead atoms. The minimum Gasteiger partial charge on any atom is -0.370 e. The quantitative estimate of drug-likeness (QED) is 0.502. The molecule has 1 aromatic rings. The summed E-state index contributed by atoms with van der Waals surface area (Å²) in [5, 5.41) is 0. The van der Waals surface area contributed by atoms with Gasteiger partial charge in [-0.05, 0) is 47.7 Å². The molecule has 1 saturated heterocycles. The second-order valence-electron chi connectivity index (χ2n) is 4.56. The molecule has 1 aliphatic heterocycles. The van der Waals surface area contributed by atoms with Gasteiger partial charge in [0.15, 0.2) is 0 Å². The van der Waals surface area contributed by atoms with Crippen LogP contribution in [0.1, 0.15) is 17.3 Å². The van der Waals surface area contributed by atoms with Gasteiger partial charge in [0.1, 0.15) is 0 Å². The highest BCUT2D eigenvalue weighted by Crippen LogP contribution is 2.22. The maximum absolute atomic E-state index is 12.6. The molecule has 0 saturated carbocycles. The average Bonchev–Trinajstić information content (AvgIpc) is 2.40. The fraction of sp³-hybridized carbons (Fsp3) is 0.462. The van der Waals surface area contributed by atoms with E-state index in [1.807, 2.05) is 30.0 Å². The molecule has 1 aliphatic rings. The summed E-state index contributed by atoms with van der Waals surface area (Å²) < 4.78 is 7.53. The second-order valence-corrected chi connectivity index (χ2v) is 6.94. The van der Waals surface area contributed by atoms with Gasteiger partial charge in [-0.3, -0.25) is 4.79 Å². The molecule has 104 valence electrons. The summed E-state index contributed by atoms with van der Waals surface area (Å²) in [4.78, 5) is 14.4. The largest absolute Gasteiger partial charge is 0.370 e. The van der Waals surface area contributed by atoms with Crippen LogP contribution in [0.25, 0.3) is 0 Å². The Bertz CT molecular complexity index is 486. The zero-order chi connectivity index (χ0) is 14.0. The molecule has 6 heteroatoms. The van der Waals surface area contributed by atoms with Crippen molar-refractivity contribution in [3.8, 4) is 0 Å². The smallest absolute Gasteiger partial charge is 0.255 e. The zero-order valence-corrected chi connectivity index (χ0v) is 14.9. The molecule has 1 aromatic carbocycles. The Morgan fingerprint density at radius 3 is 3.00 bits per heavy atom. The van der Waals surface area contributed by atoms with Gasteiger partial charge in [0, 0.05) is 21.1 Å². The molecule has 1 heterocycles. The molecule has 1 amide bonds. The van der Waals surface area contributed by atoms with Gasteiger partial charge < -0.3 is 9.64 Å². The number of ether oxygens (including phenoxy) is 1. The van der Waals surface area contributed by atoms with E-state index < -0.39 is 0 Å². The lowest BCUT2D eigenvalue weighted by Gasteiger charge is -2.36. The Hall–Kier alpha value is 0.150. The fourth-order valence-corrected chi connectivity index (χ4v) is 3.23. The third-order valence-electron chi connectivity index (χ3n) is 2.94. The van der Waals surface area contributed by atoms with Gasteiger partial charge in [0.05, 0.1) is 23.7 Å². The van der Waals surface area contributed by atoms with Crippen molar-refractivity contribution in [1.82, 2.24) is 4.90 Å². The minimum atomic E-state index is -0.0841. The van der Waals surface area contributed by atoms with Crippen LogP contribution in [-0.4, -0.2) is 42.0 Å². The molecule has 2 rings (SSSR count). The van der Waals surface area contributed by atoms with Crippen molar-refractivity contribution < 1.29 is 9.53 Å². The van der Waals surface area contributed by atoms with Crippen LogP contribution in [0.15, 0.2) is 22.7 Å². The number of halogens is 3. The maximum atomic E-state index is 12.6. The molecule has 1 fully saturated rings. The number of carbonyl (C=O) groups excluding carboxylic acids is 1. The van der Waals surface area contributed by atoms with Gasteiger partial charge >= 0.3 is 0 Å². The van der Waals surface area contributed by atoms with Crippen molar-refractivity contribution in [3.63, 3.8) is 0 Å². The van der Waals surface area contributed by atoms with Crippen LogP contribution >= 0.6 is 50.1 Å². The molecule has 0 aromatic heterocycles.